The summed E-state index contributed by atoms with van der Waals surface area (Å²) in [7, 11) is 0. The van der Waals surface area contributed by atoms with E-state index in [9.17, 15) is 9.59 Å². The van der Waals surface area contributed by atoms with E-state index in [1.165, 1.54) is 0 Å². The Morgan fingerprint density at radius 3 is 2.45 bits per heavy atom. The highest BCUT2D eigenvalue weighted by Gasteiger charge is 2.26. The van der Waals surface area contributed by atoms with E-state index in [-0.39, 0.29) is 18.4 Å². The van der Waals surface area contributed by atoms with Gasteiger partial charge in [0.25, 0.3) is 5.91 Å². The van der Waals surface area contributed by atoms with Gasteiger partial charge in [0.2, 0.25) is 5.91 Å². The summed E-state index contributed by atoms with van der Waals surface area (Å²) in [5.74, 6) is 0.315. The summed E-state index contributed by atoms with van der Waals surface area (Å²) >= 11 is 0. The van der Waals surface area contributed by atoms with Crippen molar-refractivity contribution in [3.8, 4) is 5.75 Å². The third-order valence-corrected chi connectivity index (χ3v) is 5.00. The molecule has 0 radical (unpaired) electrons. The van der Waals surface area contributed by atoms with Crippen LogP contribution in [0.3, 0.4) is 0 Å². The molecule has 1 atom stereocenters. The monoisotopic (exact) mass is 396 g/mol. The number of carbonyl (C=O) groups excluding carboxylic acids is 2. The number of rotatable bonds is 9. The van der Waals surface area contributed by atoms with Crippen molar-refractivity contribution in [3.05, 3.63) is 64.7 Å². The second kappa shape index (κ2) is 10.6. The number of nitrogens with zero attached hydrogens (tertiary/aromatic N) is 1. The normalized spacial score (nSPS) is 11.6. The van der Waals surface area contributed by atoms with Gasteiger partial charge >= 0.3 is 0 Å². The first-order valence-electron chi connectivity index (χ1n) is 10.1. The van der Waals surface area contributed by atoms with Crippen LogP contribution in [-0.4, -0.2) is 35.9 Å². The maximum Gasteiger partial charge on any atom is 0.261 e. The molecule has 5 nitrogen and oxygen atoms in total. The Morgan fingerprint density at radius 2 is 1.79 bits per heavy atom. The molecule has 1 N–H and O–H groups in total. The quantitative estimate of drug-likeness (QED) is 0.699. The standard InChI is InChI=1S/C24H32N2O3/c1-6-13-25-24(28)20(5)26(15-21-10-8-7-9-18(21)3)23(27)16-29-22-12-11-17(2)14-19(22)4/h7-12,14,20H,6,13,15-16H2,1-5H3,(H,25,28). The number of aryl methyl sites for hydroxylation is 3. The summed E-state index contributed by atoms with van der Waals surface area (Å²) in [5.41, 5.74) is 4.23. The van der Waals surface area contributed by atoms with Gasteiger partial charge in [0.05, 0.1) is 0 Å². The van der Waals surface area contributed by atoms with Gasteiger partial charge in [0.1, 0.15) is 11.8 Å². The van der Waals surface area contributed by atoms with E-state index in [0.717, 1.165) is 28.7 Å². The van der Waals surface area contributed by atoms with E-state index in [1.807, 2.05) is 70.2 Å². The van der Waals surface area contributed by atoms with E-state index >= 15 is 0 Å². The fraction of sp³-hybridized carbons (Fsp3) is 0.417. The largest absolute Gasteiger partial charge is 0.483 e. The molecule has 1 unspecified atom stereocenters. The fourth-order valence-corrected chi connectivity index (χ4v) is 3.13. The van der Waals surface area contributed by atoms with Gasteiger partial charge in [0, 0.05) is 13.1 Å². The van der Waals surface area contributed by atoms with Gasteiger partial charge in [-0.2, -0.15) is 0 Å². The average Bonchev–Trinajstić information content (AvgIpc) is 2.70. The van der Waals surface area contributed by atoms with Crippen LogP contribution in [0.5, 0.6) is 5.75 Å². The number of hydrogen-bond acceptors (Lipinski definition) is 3. The molecule has 0 fully saturated rings. The van der Waals surface area contributed by atoms with Crippen LogP contribution in [0, 0.1) is 20.8 Å². The Morgan fingerprint density at radius 1 is 1.07 bits per heavy atom. The van der Waals surface area contributed by atoms with Crippen LogP contribution in [-0.2, 0) is 16.1 Å². The Bertz CT molecular complexity index is 848. The first kappa shape index (κ1) is 22.5. The van der Waals surface area contributed by atoms with Gasteiger partial charge in [-0.05, 0) is 56.9 Å². The van der Waals surface area contributed by atoms with E-state index in [0.29, 0.717) is 18.8 Å². The predicted octanol–water partition coefficient (Wildman–Crippen LogP) is 3.93. The molecular formula is C24H32N2O3. The maximum atomic E-state index is 13.1. The summed E-state index contributed by atoms with van der Waals surface area (Å²) < 4.78 is 5.79. The highest BCUT2D eigenvalue weighted by atomic mass is 16.5. The summed E-state index contributed by atoms with van der Waals surface area (Å²) in [6.45, 7) is 10.6. The van der Waals surface area contributed by atoms with Crippen molar-refractivity contribution in [3.63, 3.8) is 0 Å². The lowest BCUT2D eigenvalue weighted by Crippen LogP contribution is -2.49. The first-order valence-corrected chi connectivity index (χ1v) is 10.1. The van der Waals surface area contributed by atoms with E-state index < -0.39 is 6.04 Å². The van der Waals surface area contributed by atoms with Gasteiger partial charge in [-0.25, -0.2) is 0 Å². The van der Waals surface area contributed by atoms with Crippen LogP contribution in [0.15, 0.2) is 42.5 Å². The van der Waals surface area contributed by atoms with Crippen molar-refractivity contribution in [1.82, 2.24) is 10.2 Å². The minimum Gasteiger partial charge on any atom is -0.483 e. The SMILES string of the molecule is CCCNC(=O)C(C)N(Cc1ccccc1C)C(=O)COc1ccc(C)cc1C. The van der Waals surface area contributed by atoms with Crippen molar-refractivity contribution in [1.29, 1.82) is 0 Å². The molecule has 2 amide bonds. The van der Waals surface area contributed by atoms with Gasteiger partial charge in [-0.1, -0.05) is 48.9 Å². The highest BCUT2D eigenvalue weighted by molar-refractivity contribution is 5.88. The van der Waals surface area contributed by atoms with Gasteiger partial charge in [-0.3, -0.25) is 9.59 Å². The van der Waals surface area contributed by atoms with Crippen molar-refractivity contribution < 1.29 is 14.3 Å². The zero-order chi connectivity index (χ0) is 21.4. The second-order valence-electron chi connectivity index (χ2n) is 7.47. The summed E-state index contributed by atoms with van der Waals surface area (Å²) in [5, 5.41) is 2.88. The third-order valence-electron chi connectivity index (χ3n) is 5.00. The molecule has 0 bridgehead atoms. The molecule has 5 heteroatoms. The minimum absolute atomic E-state index is 0.110. The van der Waals surface area contributed by atoms with E-state index in [1.54, 1.807) is 11.8 Å². The van der Waals surface area contributed by atoms with E-state index in [2.05, 4.69) is 5.32 Å². The number of hydrogen-bond donors (Lipinski definition) is 1. The highest BCUT2D eigenvalue weighted by Crippen LogP contribution is 2.19. The molecular weight excluding hydrogens is 364 g/mol. The molecule has 0 heterocycles. The van der Waals surface area contributed by atoms with Gasteiger partial charge in [0.15, 0.2) is 6.61 Å². The molecule has 0 saturated heterocycles. The third kappa shape index (κ3) is 6.34. The lowest BCUT2D eigenvalue weighted by Gasteiger charge is -2.29. The number of nitrogens with one attached hydrogen (secondary N) is 1. The van der Waals surface area contributed by atoms with Crippen LogP contribution in [0.25, 0.3) is 0 Å². The van der Waals surface area contributed by atoms with Crippen molar-refractivity contribution in [2.75, 3.05) is 13.2 Å². The molecule has 0 aromatic heterocycles. The van der Waals surface area contributed by atoms with Gasteiger partial charge in [-0.15, -0.1) is 0 Å². The number of benzene rings is 2. The number of carbonyl (C=O) groups is 2. The van der Waals surface area contributed by atoms with Crippen LogP contribution < -0.4 is 10.1 Å². The van der Waals surface area contributed by atoms with Crippen LogP contribution in [0.1, 0.15) is 42.5 Å². The van der Waals surface area contributed by atoms with Crippen molar-refractivity contribution >= 4 is 11.8 Å². The molecule has 0 saturated carbocycles. The molecule has 0 aliphatic rings. The number of amides is 2. The zero-order valence-electron chi connectivity index (χ0n) is 18.1. The molecule has 29 heavy (non-hydrogen) atoms. The minimum atomic E-state index is -0.587. The van der Waals surface area contributed by atoms with Crippen molar-refractivity contribution in [2.45, 2.75) is 53.6 Å². The zero-order valence-corrected chi connectivity index (χ0v) is 18.1. The summed E-state index contributed by atoms with van der Waals surface area (Å²) in [6.07, 6.45) is 0.847. The predicted molar refractivity (Wildman–Crippen MR) is 116 cm³/mol. The Kier molecular flexibility index (Phi) is 8.25. The maximum absolute atomic E-state index is 13.1. The Labute approximate surface area is 174 Å². The molecule has 2 aromatic rings. The Balaban J connectivity index is 2.17. The summed E-state index contributed by atoms with van der Waals surface area (Å²) in [6, 6.07) is 13.2. The molecule has 0 spiro atoms. The average molecular weight is 397 g/mol. The lowest BCUT2D eigenvalue weighted by molar-refractivity contribution is -0.142. The second-order valence-corrected chi connectivity index (χ2v) is 7.47. The Hall–Kier alpha value is -2.82. The van der Waals surface area contributed by atoms with Crippen LogP contribution in [0.2, 0.25) is 0 Å². The van der Waals surface area contributed by atoms with E-state index in [4.69, 9.17) is 4.74 Å². The smallest absolute Gasteiger partial charge is 0.261 e. The fourth-order valence-electron chi connectivity index (χ4n) is 3.13. The van der Waals surface area contributed by atoms with Gasteiger partial charge < -0.3 is 15.0 Å². The molecule has 2 rings (SSSR count). The van der Waals surface area contributed by atoms with Crippen molar-refractivity contribution in [2.24, 2.45) is 0 Å². The molecule has 0 aliphatic carbocycles. The molecule has 0 aliphatic heterocycles. The number of ether oxygens (including phenoxy) is 1. The molecule has 2 aromatic carbocycles. The van der Waals surface area contributed by atoms with Crippen LogP contribution in [0.4, 0.5) is 0 Å². The lowest BCUT2D eigenvalue weighted by atomic mass is 10.1. The van der Waals surface area contributed by atoms with Crippen LogP contribution >= 0.6 is 0 Å². The molecule has 156 valence electrons. The first-order chi connectivity index (χ1) is 13.8. The topological polar surface area (TPSA) is 58.6 Å². The summed E-state index contributed by atoms with van der Waals surface area (Å²) in [4.78, 5) is 27.2.